The molecule has 0 spiro atoms. The first kappa shape index (κ1) is 14.8. The maximum absolute atomic E-state index is 12.6. The first-order chi connectivity index (χ1) is 10.8. The Labute approximate surface area is 130 Å². The first-order valence-corrected chi connectivity index (χ1v) is 7.75. The van der Waals surface area contributed by atoms with E-state index in [-0.39, 0.29) is 11.8 Å². The second kappa shape index (κ2) is 6.75. The highest BCUT2D eigenvalue weighted by Gasteiger charge is 2.30. The second-order valence-electron chi connectivity index (χ2n) is 5.74. The molecule has 2 aliphatic heterocycles. The molecule has 2 aliphatic rings. The third-order valence-electron chi connectivity index (χ3n) is 4.29. The lowest BCUT2D eigenvalue weighted by Crippen LogP contribution is -2.48. The van der Waals surface area contributed by atoms with Crippen LogP contribution in [0.4, 0.5) is 5.82 Å². The zero-order valence-electron chi connectivity index (χ0n) is 12.6. The molecule has 3 heterocycles. The van der Waals surface area contributed by atoms with Crippen molar-refractivity contribution in [2.75, 3.05) is 44.3 Å². The van der Waals surface area contributed by atoms with E-state index in [1.807, 2.05) is 11.0 Å². The number of amides is 1. The smallest absolute Gasteiger partial charge is 0.227 e. The molecule has 6 nitrogen and oxygen atoms in total. The average molecular weight is 300 g/mol. The van der Waals surface area contributed by atoms with Crippen molar-refractivity contribution in [1.82, 2.24) is 9.88 Å². The molecule has 1 aromatic rings. The van der Waals surface area contributed by atoms with E-state index < -0.39 is 0 Å². The molecule has 0 aromatic carbocycles. The number of hydrogen-bond donors (Lipinski definition) is 0. The molecule has 6 heteroatoms. The Kier molecular flexibility index (Phi) is 4.54. The van der Waals surface area contributed by atoms with E-state index in [0.717, 1.165) is 25.2 Å². The van der Waals surface area contributed by atoms with Gasteiger partial charge in [-0.1, -0.05) is 0 Å². The topological polar surface area (TPSA) is 69.5 Å². The third kappa shape index (κ3) is 3.20. The molecular weight excluding hydrogens is 280 g/mol. The van der Waals surface area contributed by atoms with E-state index in [0.29, 0.717) is 38.4 Å². The van der Waals surface area contributed by atoms with Crippen LogP contribution in [0.2, 0.25) is 0 Å². The van der Waals surface area contributed by atoms with Gasteiger partial charge >= 0.3 is 0 Å². The van der Waals surface area contributed by atoms with Gasteiger partial charge in [0.15, 0.2) is 0 Å². The van der Waals surface area contributed by atoms with Gasteiger partial charge in [0, 0.05) is 32.4 Å². The Bertz CT molecular complexity index is 561. The van der Waals surface area contributed by atoms with Gasteiger partial charge < -0.3 is 14.5 Å². The summed E-state index contributed by atoms with van der Waals surface area (Å²) in [7, 11) is 0. The Hall–Kier alpha value is -2.13. The Morgan fingerprint density at radius 3 is 2.82 bits per heavy atom. The van der Waals surface area contributed by atoms with Crippen molar-refractivity contribution >= 4 is 11.7 Å². The third-order valence-corrected chi connectivity index (χ3v) is 4.29. The summed E-state index contributed by atoms with van der Waals surface area (Å²) in [6, 6.07) is 5.71. The molecular formula is C16H20N4O2. The van der Waals surface area contributed by atoms with Gasteiger partial charge in [0.25, 0.3) is 0 Å². The van der Waals surface area contributed by atoms with E-state index in [1.165, 1.54) is 0 Å². The number of hydrogen-bond acceptors (Lipinski definition) is 5. The van der Waals surface area contributed by atoms with Gasteiger partial charge in [-0.25, -0.2) is 4.98 Å². The predicted molar refractivity (Wildman–Crippen MR) is 81.3 cm³/mol. The van der Waals surface area contributed by atoms with E-state index in [2.05, 4.69) is 16.0 Å². The van der Waals surface area contributed by atoms with Crippen molar-refractivity contribution < 1.29 is 9.53 Å². The minimum atomic E-state index is 0.0318. The van der Waals surface area contributed by atoms with E-state index >= 15 is 0 Å². The molecule has 0 aliphatic carbocycles. The predicted octanol–water partition coefficient (Wildman–Crippen LogP) is 1.03. The molecule has 1 atom stereocenters. The van der Waals surface area contributed by atoms with E-state index in [1.54, 1.807) is 12.3 Å². The van der Waals surface area contributed by atoms with Gasteiger partial charge in [-0.2, -0.15) is 5.26 Å². The van der Waals surface area contributed by atoms with Crippen molar-refractivity contribution in [2.24, 2.45) is 5.92 Å². The number of nitriles is 1. The Morgan fingerprint density at radius 2 is 2.14 bits per heavy atom. The van der Waals surface area contributed by atoms with Crippen LogP contribution in [-0.2, 0) is 9.53 Å². The first-order valence-electron chi connectivity index (χ1n) is 7.75. The van der Waals surface area contributed by atoms with Crippen LogP contribution in [0.3, 0.4) is 0 Å². The van der Waals surface area contributed by atoms with Crippen molar-refractivity contribution in [3.63, 3.8) is 0 Å². The highest BCUT2D eigenvalue weighted by Crippen LogP contribution is 2.23. The normalized spacial score (nSPS) is 22.2. The largest absolute Gasteiger partial charge is 0.378 e. The lowest BCUT2D eigenvalue weighted by molar-refractivity contribution is -0.139. The SMILES string of the molecule is N#Cc1ccc(N2CCCC(C(=O)N3CCOCC3)C2)nc1. The number of aromatic nitrogens is 1. The van der Waals surface area contributed by atoms with Crippen molar-refractivity contribution in [2.45, 2.75) is 12.8 Å². The van der Waals surface area contributed by atoms with Gasteiger partial charge in [-0.15, -0.1) is 0 Å². The van der Waals surface area contributed by atoms with Gasteiger partial charge in [-0.3, -0.25) is 4.79 Å². The summed E-state index contributed by atoms with van der Waals surface area (Å²) in [5, 5.41) is 8.83. The number of anilines is 1. The Morgan fingerprint density at radius 1 is 1.32 bits per heavy atom. The molecule has 2 fully saturated rings. The number of piperidine rings is 1. The molecule has 0 radical (unpaired) electrons. The van der Waals surface area contributed by atoms with E-state index in [4.69, 9.17) is 10.00 Å². The number of ether oxygens (including phenoxy) is 1. The van der Waals surface area contributed by atoms with Crippen LogP contribution in [-0.4, -0.2) is 55.2 Å². The fraction of sp³-hybridized carbons (Fsp3) is 0.562. The van der Waals surface area contributed by atoms with Crippen LogP contribution in [0.25, 0.3) is 0 Å². The fourth-order valence-corrected chi connectivity index (χ4v) is 3.07. The van der Waals surface area contributed by atoms with Gasteiger partial charge in [-0.05, 0) is 25.0 Å². The minimum absolute atomic E-state index is 0.0318. The van der Waals surface area contributed by atoms with Crippen molar-refractivity contribution in [1.29, 1.82) is 5.26 Å². The van der Waals surface area contributed by atoms with Gasteiger partial charge in [0.05, 0.1) is 24.7 Å². The molecule has 116 valence electrons. The summed E-state index contributed by atoms with van der Waals surface area (Å²) in [5.74, 6) is 1.12. The zero-order chi connectivity index (χ0) is 15.4. The fourth-order valence-electron chi connectivity index (χ4n) is 3.07. The zero-order valence-corrected chi connectivity index (χ0v) is 12.6. The quantitative estimate of drug-likeness (QED) is 0.816. The maximum Gasteiger partial charge on any atom is 0.227 e. The van der Waals surface area contributed by atoms with Crippen LogP contribution in [0.1, 0.15) is 18.4 Å². The van der Waals surface area contributed by atoms with Crippen LogP contribution in [0.15, 0.2) is 18.3 Å². The maximum atomic E-state index is 12.6. The number of nitrogens with zero attached hydrogens (tertiary/aromatic N) is 4. The van der Waals surface area contributed by atoms with Crippen LogP contribution >= 0.6 is 0 Å². The van der Waals surface area contributed by atoms with Crippen LogP contribution < -0.4 is 4.90 Å². The lowest BCUT2D eigenvalue weighted by atomic mass is 9.96. The summed E-state index contributed by atoms with van der Waals surface area (Å²) >= 11 is 0. The number of carbonyl (C=O) groups excluding carboxylic acids is 1. The van der Waals surface area contributed by atoms with Crippen molar-refractivity contribution in [3.8, 4) is 6.07 Å². The Balaban J connectivity index is 1.65. The second-order valence-corrected chi connectivity index (χ2v) is 5.74. The number of rotatable bonds is 2. The summed E-state index contributed by atoms with van der Waals surface area (Å²) in [6.07, 6.45) is 3.51. The molecule has 1 amide bonds. The monoisotopic (exact) mass is 300 g/mol. The summed E-state index contributed by atoms with van der Waals surface area (Å²) < 4.78 is 5.31. The molecule has 1 unspecified atom stereocenters. The minimum Gasteiger partial charge on any atom is -0.378 e. The molecule has 0 saturated carbocycles. The molecule has 0 N–H and O–H groups in total. The van der Waals surface area contributed by atoms with E-state index in [9.17, 15) is 4.79 Å². The number of pyridine rings is 1. The molecule has 22 heavy (non-hydrogen) atoms. The van der Waals surface area contributed by atoms with Crippen LogP contribution in [0, 0.1) is 17.2 Å². The average Bonchev–Trinajstić information content (AvgIpc) is 2.62. The van der Waals surface area contributed by atoms with Crippen LogP contribution in [0.5, 0.6) is 0 Å². The van der Waals surface area contributed by atoms with Crippen molar-refractivity contribution in [3.05, 3.63) is 23.9 Å². The number of carbonyl (C=O) groups is 1. The summed E-state index contributed by atoms with van der Waals surface area (Å²) in [4.78, 5) is 21.0. The number of morpholine rings is 1. The van der Waals surface area contributed by atoms with Gasteiger partial charge in [0.1, 0.15) is 11.9 Å². The standard InChI is InChI=1S/C16H20N4O2/c17-10-13-3-4-15(18-11-13)20-5-1-2-14(12-20)16(21)19-6-8-22-9-7-19/h3-4,11,14H,1-2,5-9,12H2. The molecule has 0 bridgehead atoms. The highest BCUT2D eigenvalue weighted by molar-refractivity contribution is 5.79. The summed E-state index contributed by atoms with van der Waals surface area (Å²) in [5.41, 5.74) is 0.557. The molecule has 3 rings (SSSR count). The highest BCUT2D eigenvalue weighted by atomic mass is 16.5. The summed E-state index contributed by atoms with van der Waals surface area (Å²) in [6.45, 7) is 4.29. The lowest BCUT2D eigenvalue weighted by Gasteiger charge is -2.36. The molecule has 2 saturated heterocycles. The molecule has 1 aromatic heterocycles. The van der Waals surface area contributed by atoms with Gasteiger partial charge in [0.2, 0.25) is 5.91 Å².